The highest BCUT2D eigenvalue weighted by Crippen LogP contribution is 2.35. The fourth-order valence-electron chi connectivity index (χ4n) is 4.95. The maximum Gasteiger partial charge on any atom is 0.263 e. The number of benzene rings is 1. The third-order valence-corrected chi connectivity index (χ3v) is 8.94. The Kier molecular flexibility index (Phi) is 6.51. The van der Waals surface area contributed by atoms with Gasteiger partial charge in [-0.3, -0.25) is 14.2 Å². The van der Waals surface area contributed by atoms with E-state index in [9.17, 15) is 9.59 Å². The van der Waals surface area contributed by atoms with Crippen LogP contribution in [0, 0.1) is 0 Å². The van der Waals surface area contributed by atoms with Crippen LogP contribution in [0.15, 0.2) is 52.9 Å². The molecular formula is C25H26N8O2S2. The maximum absolute atomic E-state index is 13.3. The summed E-state index contributed by atoms with van der Waals surface area (Å²) < 4.78 is 3.37. The van der Waals surface area contributed by atoms with Crippen LogP contribution in [0.3, 0.4) is 0 Å². The van der Waals surface area contributed by atoms with Crippen molar-refractivity contribution in [3.8, 4) is 5.69 Å². The second-order valence-corrected chi connectivity index (χ2v) is 11.0. The molecule has 0 bridgehead atoms. The Morgan fingerprint density at radius 1 is 1.14 bits per heavy atom. The number of thiophene rings is 1. The minimum absolute atomic E-state index is 0.0241. The first kappa shape index (κ1) is 23.9. The Labute approximate surface area is 221 Å². The minimum Gasteiger partial charge on any atom is -0.338 e. The summed E-state index contributed by atoms with van der Waals surface area (Å²) in [4.78, 5) is 37.3. The fourth-order valence-corrected chi connectivity index (χ4v) is 7.16. The molecule has 0 unspecified atom stereocenters. The molecular weight excluding hydrogens is 508 g/mol. The molecule has 190 valence electrons. The van der Waals surface area contributed by atoms with E-state index in [1.54, 1.807) is 26.7 Å². The molecule has 1 saturated heterocycles. The Bertz CT molecular complexity index is 1520. The topological polar surface area (TPSA) is 102 Å². The summed E-state index contributed by atoms with van der Waals surface area (Å²) in [6, 6.07) is 9.76. The van der Waals surface area contributed by atoms with Gasteiger partial charge in [-0.15, -0.1) is 17.9 Å². The second kappa shape index (κ2) is 10.1. The Hall–Kier alpha value is -3.51. The Balaban J connectivity index is 1.13. The van der Waals surface area contributed by atoms with Crippen molar-refractivity contribution in [2.75, 3.05) is 36.8 Å². The van der Waals surface area contributed by atoms with Crippen LogP contribution in [0.25, 0.3) is 15.9 Å². The summed E-state index contributed by atoms with van der Waals surface area (Å²) >= 11 is 2.95. The van der Waals surface area contributed by atoms with Gasteiger partial charge >= 0.3 is 0 Å². The third-order valence-electron chi connectivity index (χ3n) is 6.80. The Morgan fingerprint density at radius 2 is 1.95 bits per heavy atom. The first-order valence-electron chi connectivity index (χ1n) is 12.3. The zero-order valence-corrected chi connectivity index (χ0v) is 21.9. The molecule has 10 nitrogen and oxygen atoms in total. The second-order valence-electron chi connectivity index (χ2n) is 9.02. The van der Waals surface area contributed by atoms with Gasteiger partial charge in [-0.05, 0) is 47.4 Å². The predicted molar refractivity (Wildman–Crippen MR) is 145 cm³/mol. The summed E-state index contributed by atoms with van der Waals surface area (Å²) in [6.07, 6.45) is 4.75. The predicted octanol–water partition coefficient (Wildman–Crippen LogP) is 2.55. The maximum atomic E-state index is 13.3. The molecule has 4 aromatic rings. The molecule has 1 fully saturated rings. The van der Waals surface area contributed by atoms with E-state index in [2.05, 4.69) is 27.0 Å². The van der Waals surface area contributed by atoms with Crippen molar-refractivity contribution in [2.24, 2.45) is 0 Å². The van der Waals surface area contributed by atoms with Crippen molar-refractivity contribution in [1.82, 2.24) is 34.7 Å². The SMILES string of the molecule is C=CCn1c(SCC(=O)N2CCN(c3nnnn3-c3ccccc3)CC2)nc2sc3c(c2c1=O)CCC3. The first-order valence-corrected chi connectivity index (χ1v) is 14.1. The number of carbonyl (C=O) groups is 1. The first-order chi connectivity index (χ1) is 18.1. The van der Waals surface area contributed by atoms with E-state index in [1.165, 1.54) is 22.2 Å². The molecule has 12 heteroatoms. The highest BCUT2D eigenvalue weighted by atomic mass is 32.2. The number of nitrogens with zero attached hydrogens (tertiary/aromatic N) is 8. The van der Waals surface area contributed by atoms with Crippen LogP contribution in [0.1, 0.15) is 16.9 Å². The number of anilines is 1. The number of carbonyl (C=O) groups excluding carboxylic acids is 1. The Morgan fingerprint density at radius 3 is 2.73 bits per heavy atom. The number of allylic oxidation sites excluding steroid dienone is 1. The van der Waals surface area contributed by atoms with Crippen LogP contribution in [0.5, 0.6) is 0 Å². The lowest BCUT2D eigenvalue weighted by molar-refractivity contribution is -0.128. The van der Waals surface area contributed by atoms with Gasteiger partial charge in [0.1, 0.15) is 4.83 Å². The number of rotatable bonds is 7. The molecule has 37 heavy (non-hydrogen) atoms. The molecule has 1 amide bonds. The van der Waals surface area contributed by atoms with E-state index in [1.807, 2.05) is 35.2 Å². The van der Waals surface area contributed by atoms with Gasteiger partial charge in [0.2, 0.25) is 11.9 Å². The van der Waals surface area contributed by atoms with E-state index in [4.69, 9.17) is 4.98 Å². The van der Waals surface area contributed by atoms with Crippen LogP contribution >= 0.6 is 23.1 Å². The fraction of sp³-hybridized carbons (Fsp3) is 0.360. The van der Waals surface area contributed by atoms with E-state index < -0.39 is 0 Å². The molecule has 4 heterocycles. The summed E-state index contributed by atoms with van der Waals surface area (Å²) in [6.45, 7) is 6.60. The number of thioether (sulfide) groups is 1. The van der Waals surface area contributed by atoms with Gasteiger partial charge in [0, 0.05) is 37.6 Å². The monoisotopic (exact) mass is 534 g/mol. The number of fused-ring (bicyclic) bond motifs is 3. The van der Waals surface area contributed by atoms with Crippen LogP contribution in [-0.2, 0) is 24.2 Å². The minimum atomic E-state index is -0.0241. The number of amides is 1. The molecule has 1 aromatic carbocycles. The molecule has 0 radical (unpaired) electrons. The molecule has 0 saturated carbocycles. The van der Waals surface area contributed by atoms with E-state index >= 15 is 0 Å². The number of hydrogen-bond donors (Lipinski definition) is 0. The highest BCUT2D eigenvalue weighted by molar-refractivity contribution is 7.99. The van der Waals surface area contributed by atoms with Gasteiger partial charge in [0.15, 0.2) is 5.16 Å². The van der Waals surface area contributed by atoms with Crippen LogP contribution in [0.4, 0.5) is 5.95 Å². The smallest absolute Gasteiger partial charge is 0.263 e. The largest absolute Gasteiger partial charge is 0.338 e. The molecule has 2 aliphatic rings. The van der Waals surface area contributed by atoms with Crippen LogP contribution in [-0.4, -0.2) is 72.5 Å². The summed E-state index contributed by atoms with van der Waals surface area (Å²) in [5.41, 5.74) is 2.03. The summed E-state index contributed by atoms with van der Waals surface area (Å²) in [5, 5.41) is 13.5. The van der Waals surface area contributed by atoms with Crippen LogP contribution in [0.2, 0.25) is 0 Å². The number of tetrazole rings is 1. The van der Waals surface area contributed by atoms with Crippen molar-refractivity contribution in [3.63, 3.8) is 0 Å². The van der Waals surface area contributed by atoms with E-state index in [0.29, 0.717) is 43.8 Å². The van der Waals surface area contributed by atoms with Crippen molar-refractivity contribution < 1.29 is 4.79 Å². The van der Waals surface area contributed by atoms with Gasteiger partial charge in [-0.1, -0.05) is 41.1 Å². The average molecular weight is 535 g/mol. The zero-order valence-electron chi connectivity index (χ0n) is 20.2. The van der Waals surface area contributed by atoms with Crippen molar-refractivity contribution in [1.29, 1.82) is 0 Å². The molecule has 0 atom stereocenters. The molecule has 1 aliphatic heterocycles. The average Bonchev–Trinajstić information content (AvgIpc) is 3.66. The van der Waals surface area contributed by atoms with E-state index in [-0.39, 0.29) is 17.2 Å². The molecule has 1 aliphatic carbocycles. The van der Waals surface area contributed by atoms with Gasteiger partial charge in [-0.2, -0.15) is 4.68 Å². The number of piperazine rings is 1. The normalized spacial score (nSPS) is 15.4. The van der Waals surface area contributed by atoms with Crippen molar-refractivity contribution >= 4 is 45.2 Å². The molecule has 0 N–H and O–H groups in total. The lowest BCUT2D eigenvalue weighted by atomic mass is 10.2. The standard InChI is InChI=1S/C25H26N8O2S2/c1-2-11-32-23(35)21-18-9-6-10-19(18)37-22(21)26-25(32)36-16-20(34)30-12-14-31(15-13-30)24-27-28-29-33(24)17-7-4-3-5-8-17/h2-5,7-8H,1,6,9-16H2. The summed E-state index contributed by atoms with van der Waals surface area (Å²) in [5.74, 6) is 0.920. The van der Waals surface area contributed by atoms with Gasteiger partial charge < -0.3 is 9.80 Å². The van der Waals surface area contributed by atoms with Crippen LogP contribution < -0.4 is 10.5 Å². The van der Waals surface area contributed by atoms with Gasteiger partial charge in [-0.25, -0.2) is 4.98 Å². The number of para-hydroxylation sites is 1. The molecule has 0 spiro atoms. The van der Waals surface area contributed by atoms with E-state index in [0.717, 1.165) is 35.2 Å². The zero-order chi connectivity index (χ0) is 25.4. The lowest BCUT2D eigenvalue weighted by Gasteiger charge is -2.34. The molecule has 3 aromatic heterocycles. The van der Waals surface area contributed by atoms with Crippen molar-refractivity contribution in [2.45, 2.75) is 31.0 Å². The third kappa shape index (κ3) is 4.44. The number of hydrogen-bond acceptors (Lipinski definition) is 9. The van der Waals surface area contributed by atoms with Crippen molar-refractivity contribution in [3.05, 3.63) is 63.8 Å². The quantitative estimate of drug-likeness (QED) is 0.203. The highest BCUT2D eigenvalue weighted by Gasteiger charge is 2.26. The lowest BCUT2D eigenvalue weighted by Crippen LogP contribution is -2.50. The molecule has 6 rings (SSSR count). The number of aryl methyl sites for hydroxylation is 2. The van der Waals surface area contributed by atoms with Gasteiger partial charge in [0.25, 0.3) is 5.56 Å². The summed E-state index contributed by atoms with van der Waals surface area (Å²) in [7, 11) is 0. The van der Waals surface area contributed by atoms with Gasteiger partial charge in [0.05, 0.1) is 16.8 Å². The number of aromatic nitrogens is 6.